The highest BCUT2D eigenvalue weighted by molar-refractivity contribution is 5.79. The minimum atomic E-state index is -0.258. The number of benzene rings is 3. The summed E-state index contributed by atoms with van der Waals surface area (Å²) in [5.74, 6) is 2.69. The summed E-state index contributed by atoms with van der Waals surface area (Å²) < 4.78 is 27.5. The fourth-order valence-corrected chi connectivity index (χ4v) is 2.95. The molecule has 6 heteroatoms. The second-order valence-electron chi connectivity index (χ2n) is 6.50. The molecule has 152 valence electrons. The van der Waals surface area contributed by atoms with E-state index in [1.54, 1.807) is 56.7 Å². The highest BCUT2D eigenvalue weighted by Gasteiger charge is 2.11. The van der Waals surface area contributed by atoms with Crippen LogP contribution in [0.1, 0.15) is 5.56 Å². The van der Waals surface area contributed by atoms with Crippen molar-refractivity contribution in [1.29, 1.82) is 0 Å². The summed E-state index contributed by atoms with van der Waals surface area (Å²) in [7, 11) is 3.21. The number of hydrogen-bond acceptors (Lipinski definition) is 6. The third kappa shape index (κ3) is 4.22. The van der Waals surface area contributed by atoms with Crippen LogP contribution >= 0.6 is 0 Å². The molecule has 0 N–H and O–H groups in total. The molecular weight excluding hydrogens is 384 g/mol. The van der Waals surface area contributed by atoms with Gasteiger partial charge in [0, 0.05) is 6.07 Å². The average Bonchev–Trinajstić information content (AvgIpc) is 2.80. The topological polar surface area (TPSA) is 67.1 Å². The summed E-state index contributed by atoms with van der Waals surface area (Å²) >= 11 is 0. The van der Waals surface area contributed by atoms with Gasteiger partial charge in [0.1, 0.15) is 41.5 Å². The highest BCUT2D eigenvalue weighted by atomic mass is 16.5. The number of rotatable bonds is 7. The van der Waals surface area contributed by atoms with E-state index in [-0.39, 0.29) is 11.2 Å². The Balaban J connectivity index is 1.52. The summed E-state index contributed by atoms with van der Waals surface area (Å²) in [4.78, 5) is 12.8. The van der Waals surface area contributed by atoms with Crippen LogP contribution in [0.2, 0.25) is 0 Å². The molecule has 0 bridgehead atoms. The fraction of sp³-hybridized carbons (Fsp3) is 0.125. The van der Waals surface area contributed by atoms with Gasteiger partial charge < -0.3 is 23.4 Å². The Morgan fingerprint density at radius 2 is 1.53 bits per heavy atom. The summed E-state index contributed by atoms with van der Waals surface area (Å²) in [5, 5.41) is 0.412. The maximum absolute atomic E-state index is 12.8. The first-order valence-electron chi connectivity index (χ1n) is 9.29. The van der Waals surface area contributed by atoms with Crippen LogP contribution in [-0.2, 0) is 6.61 Å². The first kappa shape index (κ1) is 19.4. The minimum Gasteiger partial charge on any atom is -0.497 e. The van der Waals surface area contributed by atoms with Gasteiger partial charge in [0.25, 0.3) is 0 Å². The van der Waals surface area contributed by atoms with Crippen LogP contribution in [0.5, 0.6) is 28.7 Å². The van der Waals surface area contributed by atoms with Gasteiger partial charge in [-0.15, -0.1) is 0 Å². The Kier molecular flexibility index (Phi) is 5.57. The molecular formula is C24H20O6. The van der Waals surface area contributed by atoms with Crippen molar-refractivity contribution < 1.29 is 23.4 Å². The molecule has 0 amide bonds. The molecule has 0 radical (unpaired) electrons. The maximum Gasteiger partial charge on any atom is 0.235 e. The van der Waals surface area contributed by atoms with Crippen molar-refractivity contribution in [3.63, 3.8) is 0 Å². The molecule has 30 heavy (non-hydrogen) atoms. The molecule has 4 aromatic rings. The normalized spacial score (nSPS) is 10.6. The monoisotopic (exact) mass is 404 g/mol. The van der Waals surface area contributed by atoms with Crippen LogP contribution < -0.4 is 24.4 Å². The van der Waals surface area contributed by atoms with E-state index >= 15 is 0 Å². The van der Waals surface area contributed by atoms with Crippen LogP contribution in [0.15, 0.2) is 82.2 Å². The van der Waals surface area contributed by atoms with Crippen LogP contribution in [0.4, 0.5) is 0 Å². The molecule has 0 fully saturated rings. The van der Waals surface area contributed by atoms with Gasteiger partial charge in [-0.25, -0.2) is 0 Å². The van der Waals surface area contributed by atoms with E-state index in [1.807, 2.05) is 24.3 Å². The van der Waals surface area contributed by atoms with E-state index in [9.17, 15) is 4.79 Å². The minimum absolute atomic E-state index is 0.109. The average molecular weight is 404 g/mol. The van der Waals surface area contributed by atoms with Crippen LogP contribution in [0, 0.1) is 0 Å². The van der Waals surface area contributed by atoms with Gasteiger partial charge in [0.05, 0.1) is 19.6 Å². The molecule has 0 atom stereocenters. The number of methoxy groups -OCH3 is 2. The molecule has 0 spiro atoms. The van der Waals surface area contributed by atoms with Crippen molar-refractivity contribution in [2.24, 2.45) is 0 Å². The van der Waals surface area contributed by atoms with E-state index in [1.165, 1.54) is 6.26 Å². The Hall–Kier alpha value is -3.93. The van der Waals surface area contributed by atoms with E-state index in [0.717, 1.165) is 11.3 Å². The maximum atomic E-state index is 12.8. The predicted molar refractivity (Wildman–Crippen MR) is 113 cm³/mol. The van der Waals surface area contributed by atoms with Gasteiger partial charge in [0.15, 0.2) is 0 Å². The van der Waals surface area contributed by atoms with Crippen molar-refractivity contribution in [1.82, 2.24) is 0 Å². The Labute approximate surface area is 173 Å². The Bertz CT molecular complexity index is 1210. The first-order chi connectivity index (χ1) is 14.7. The van der Waals surface area contributed by atoms with Gasteiger partial charge in [0.2, 0.25) is 11.2 Å². The molecule has 4 rings (SSSR count). The van der Waals surface area contributed by atoms with E-state index in [0.29, 0.717) is 34.8 Å². The van der Waals surface area contributed by atoms with Gasteiger partial charge in [-0.2, -0.15) is 0 Å². The molecule has 3 aromatic carbocycles. The standard InChI is InChI=1S/C24H20O6/c1-26-17-6-8-18(9-7-17)30-23-15-29-22-13-20(10-11-21(22)24(23)25)28-14-16-4-3-5-19(12-16)27-2/h3-13,15H,14H2,1-2H3. The van der Waals surface area contributed by atoms with Crippen molar-refractivity contribution in [3.8, 4) is 28.7 Å². The number of hydrogen-bond donors (Lipinski definition) is 0. The van der Waals surface area contributed by atoms with Gasteiger partial charge in [-0.05, 0) is 54.1 Å². The zero-order chi connectivity index (χ0) is 20.9. The Morgan fingerprint density at radius 3 is 2.30 bits per heavy atom. The van der Waals surface area contributed by atoms with Gasteiger partial charge in [-0.3, -0.25) is 4.79 Å². The SMILES string of the molecule is COc1ccc(Oc2coc3cc(OCc4cccc(OC)c4)ccc3c2=O)cc1. The van der Waals surface area contributed by atoms with Gasteiger partial charge >= 0.3 is 0 Å². The molecule has 0 saturated heterocycles. The molecule has 0 aliphatic rings. The molecule has 0 unspecified atom stereocenters. The van der Waals surface area contributed by atoms with Gasteiger partial charge in [-0.1, -0.05) is 12.1 Å². The smallest absolute Gasteiger partial charge is 0.235 e. The zero-order valence-electron chi connectivity index (χ0n) is 16.6. The lowest BCUT2D eigenvalue weighted by Crippen LogP contribution is -2.05. The molecule has 0 aliphatic heterocycles. The Morgan fingerprint density at radius 1 is 0.800 bits per heavy atom. The second kappa shape index (κ2) is 8.61. The van der Waals surface area contributed by atoms with E-state index < -0.39 is 0 Å². The largest absolute Gasteiger partial charge is 0.497 e. The van der Waals surface area contributed by atoms with Crippen molar-refractivity contribution in [2.45, 2.75) is 6.61 Å². The third-order valence-electron chi connectivity index (χ3n) is 4.54. The number of fused-ring (bicyclic) bond motifs is 1. The quantitative estimate of drug-likeness (QED) is 0.423. The highest BCUT2D eigenvalue weighted by Crippen LogP contribution is 2.26. The first-order valence-corrected chi connectivity index (χ1v) is 9.29. The van der Waals surface area contributed by atoms with Crippen molar-refractivity contribution in [2.75, 3.05) is 14.2 Å². The summed E-state index contributed by atoms with van der Waals surface area (Å²) in [5.41, 5.74) is 1.13. The lowest BCUT2D eigenvalue weighted by atomic mass is 10.2. The lowest BCUT2D eigenvalue weighted by molar-refractivity contribution is 0.305. The molecule has 0 aliphatic carbocycles. The summed E-state index contributed by atoms with van der Waals surface area (Å²) in [6.45, 7) is 0.367. The van der Waals surface area contributed by atoms with Crippen molar-refractivity contribution >= 4 is 11.0 Å². The third-order valence-corrected chi connectivity index (χ3v) is 4.54. The number of ether oxygens (including phenoxy) is 4. The van der Waals surface area contributed by atoms with E-state index in [4.69, 9.17) is 23.4 Å². The fourth-order valence-electron chi connectivity index (χ4n) is 2.95. The lowest BCUT2D eigenvalue weighted by Gasteiger charge is -2.09. The molecule has 1 aromatic heterocycles. The predicted octanol–water partition coefficient (Wildman–Crippen LogP) is 5.18. The van der Waals surface area contributed by atoms with E-state index in [2.05, 4.69) is 0 Å². The summed E-state index contributed by atoms with van der Waals surface area (Å²) in [6, 6.07) is 19.7. The van der Waals surface area contributed by atoms with Crippen LogP contribution in [0.25, 0.3) is 11.0 Å². The van der Waals surface area contributed by atoms with Crippen LogP contribution in [0.3, 0.4) is 0 Å². The second-order valence-corrected chi connectivity index (χ2v) is 6.50. The molecule has 0 saturated carbocycles. The molecule has 1 heterocycles. The van der Waals surface area contributed by atoms with Crippen molar-refractivity contribution in [3.05, 3.63) is 88.8 Å². The molecule has 6 nitrogen and oxygen atoms in total. The summed E-state index contributed by atoms with van der Waals surface area (Å²) in [6.07, 6.45) is 1.31. The van der Waals surface area contributed by atoms with Crippen LogP contribution in [-0.4, -0.2) is 14.2 Å². The zero-order valence-corrected chi connectivity index (χ0v) is 16.6.